The maximum absolute atomic E-state index is 12.9. The molecule has 10 heteroatoms. The van der Waals surface area contributed by atoms with Gasteiger partial charge in [-0.2, -0.15) is 0 Å². The molecule has 0 saturated carbocycles. The average Bonchev–Trinajstić information content (AvgIpc) is 3.29. The van der Waals surface area contributed by atoms with Gasteiger partial charge < -0.3 is 0 Å². The molecule has 2 unspecified atom stereocenters. The molecule has 0 spiro atoms. The number of alkyl halides is 2. The van der Waals surface area contributed by atoms with Crippen LogP contribution in [0.1, 0.15) is 362 Å². The van der Waals surface area contributed by atoms with E-state index in [0.29, 0.717) is 48.3 Å². The third-order valence-corrected chi connectivity index (χ3v) is 14.5. The summed E-state index contributed by atoms with van der Waals surface area (Å²) in [7, 11) is 0. The highest BCUT2D eigenvalue weighted by molar-refractivity contribution is 5.35. The van der Waals surface area contributed by atoms with E-state index in [1.54, 1.807) is 13.8 Å². The van der Waals surface area contributed by atoms with Gasteiger partial charge in [-0.05, 0) is 140 Å². The molecule has 0 saturated heterocycles. The second-order valence-electron chi connectivity index (χ2n) is 25.9. The van der Waals surface area contributed by atoms with Crippen LogP contribution in [0.2, 0.25) is 0 Å². The first-order chi connectivity index (χ1) is 35.0. The number of aryl methyl sites for hydroxylation is 6. The third-order valence-electron chi connectivity index (χ3n) is 14.5. The monoisotopic (exact) mass is 1070 g/mol. The molecule has 440 valence electrons. The standard InChI is InChI=1S/2C18H32N2.2C15H25FN2.CH4/c2*1-9-10-11-13(4)17-19-14(5)15(12(2)3)16(20-17)18(6,7)8;2*1-9(2)14-12(5)17-15(18-13(14)6)10(3)7-8-11(4)16;/h2*12-13H,9-11H2,1-8H3;2*9-11H,7-8H2,1-6H3;1H4/t2*13-;2*10-,11?;/m1010./s1. The van der Waals surface area contributed by atoms with Crippen LogP contribution in [0.25, 0.3) is 0 Å². The van der Waals surface area contributed by atoms with Crippen LogP contribution in [-0.2, 0) is 10.8 Å². The molecule has 0 fully saturated rings. The highest BCUT2D eigenvalue weighted by Gasteiger charge is 2.28. The molecule has 0 aliphatic rings. The molecule has 4 aromatic heterocycles. The Morgan fingerprint density at radius 1 is 0.325 bits per heavy atom. The highest BCUT2D eigenvalue weighted by atomic mass is 19.1. The molecule has 0 aliphatic carbocycles. The predicted molar refractivity (Wildman–Crippen MR) is 329 cm³/mol. The van der Waals surface area contributed by atoms with Crippen LogP contribution >= 0.6 is 0 Å². The molecule has 4 aromatic rings. The summed E-state index contributed by atoms with van der Waals surface area (Å²) in [5, 5.41) is 0. The van der Waals surface area contributed by atoms with Gasteiger partial charge in [0.05, 0.1) is 23.7 Å². The van der Waals surface area contributed by atoms with Gasteiger partial charge in [0.1, 0.15) is 23.3 Å². The van der Waals surface area contributed by atoms with Crippen molar-refractivity contribution < 1.29 is 8.78 Å². The quantitative estimate of drug-likeness (QED) is 0.0862. The maximum Gasteiger partial charge on any atom is 0.131 e. The lowest BCUT2D eigenvalue weighted by atomic mass is 9.84. The molecule has 0 radical (unpaired) electrons. The van der Waals surface area contributed by atoms with Crippen molar-refractivity contribution in [3.8, 4) is 0 Å². The zero-order valence-corrected chi connectivity index (χ0v) is 54.2. The predicted octanol–water partition coefficient (Wildman–Crippen LogP) is 20.6. The number of hydrogen-bond acceptors (Lipinski definition) is 8. The summed E-state index contributed by atoms with van der Waals surface area (Å²) in [6.07, 6.45) is 8.60. The number of rotatable bonds is 20. The van der Waals surface area contributed by atoms with Crippen molar-refractivity contribution >= 4 is 0 Å². The van der Waals surface area contributed by atoms with Crippen molar-refractivity contribution in [3.05, 3.63) is 91.1 Å². The van der Waals surface area contributed by atoms with Crippen LogP contribution < -0.4 is 0 Å². The number of halogens is 2. The fourth-order valence-electron chi connectivity index (χ4n) is 10.3. The molecule has 77 heavy (non-hydrogen) atoms. The fourth-order valence-corrected chi connectivity index (χ4v) is 10.3. The van der Waals surface area contributed by atoms with Crippen LogP contribution in [0.3, 0.4) is 0 Å². The van der Waals surface area contributed by atoms with E-state index in [1.165, 1.54) is 83.6 Å². The van der Waals surface area contributed by atoms with Gasteiger partial charge in [-0.1, -0.05) is 172 Å². The fraction of sp³-hybridized carbons (Fsp3) is 0.761. The van der Waals surface area contributed by atoms with Gasteiger partial charge in [-0.25, -0.2) is 48.7 Å². The van der Waals surface area contributed by atoms with E-state index in [4.69, 9.17) is 19.9 Å². The Morgan fingerprint density at radius 3 is 0.727 bits per heavy atom. The molecular weight excluding hydrogens is 955 g/mol. The molecule has 0 N–H and O–H groups in total. The smallest absolute Gasteiger partial charge is 0.131 e. The minimum atomic E-state index is -0.746. The summed E-state index contributed by atoms with van der Waals surface area (Å²) in [4.78, 5) is 38.0. The number of unbranched alkanes of at least 4 members (excludes halogenated alkanes) is 2. The first-order valence-electron chi connectivity index (χ1n) is 29.8. The van der Waals surface area contributed by atoms with E-state index in [0.717, 1.165) is 58.9 Å². The Balaban J connectivity index is 0.000000997. The van der Waals surface area contributed by atoms with Crippen molar-refractivity contribution in [3.63, 3.8) is 0 Å². The second-order valence-corrected chi connectivity index (χ2v) is 25.9. The lowest BCUT2D eigenvalue weighted by Gasteiger charge is -2.26. The molecule has 0 amide bonds. The maximum atomic E-state index is 12.9. The summed E-state index contributed by atoms with van der Waals surface area (Å²) >= 11 is 0. The highest BCUT2D eigenvalue weighted by Crippen LogP contribution is 2.35. The molecule has 4 heterocycles. The summed E-state index contributed by atoms with van der Waals surface area (Å²) in [6, 6.07) is 0. The SMILES string of the molecule is C.CCCC[C@@H](C)c1nc(C)c(C(C)C)c(C(C)(C)C)n1.CCCC[C@H](C)c1nc(C)c(C(C)C)c(C(C)(C)C)n1.Cc1nc([C@@H](C)CCC(C)F)nc(C)c1C(C)C.Cc1nc([C@H](C)CCC(C)F)nc(C)c1C(C)C. The molecule has 0 aromatic carbocycles. The molecule has 0 bridgehead atoms. The van der Waals surface area contributed by atoms with E-state index in [9.17, 15) is 8.78 Å². The van der Waals surface area contributed by atoms with Gasteiger partial charge in [0.25, 0.3) is 0 Å². The normalized spacial score (nSPS) is 14.2. The number of aromatic nitrogens is 8. The Kier molecular flexibility index (Phi) is 32.0. The minimum Gasteiger partial charge on any atom is -0.248 e. The Morgan fingerprint density at radius 2 is 0.532 bits per heavy atom. The zero-order valence-electron chi connectivity index (χ0n) is 54.2. The largest absolute Gasteiger partial charge is 0.248 e. The van der Waals surface area contributed by atoms with E-state index in [1.807, 2.05) is 27.7 Å². The lowest BCUT2D eigenvalue weighted by molar-refractivity contribution is 0.325. The van der Waals surface area contributed by atoms with Gasteiger partial charge >= 0.3 is 0 Å². The zero-order chi connectivity index (χ0) is 58.7. The molecule has 0 aliphatic heterocycles. The first-order valence-corrected chi connectivity index (χ1v) is 29.8. The van der Waals surface area contributed by atoms with E-state index in [2.05, 4.69) is 172 Å². The van der Waals surface area contributed by atoms with Gasteiger partial charge in [-0.15, -0.1) is 0 Å². The minimum absolute atomic E-state index is 0. The van der Waals surface area contributed by atoms with E-state index >= 15 is 0 Å². The number of hydrogen-bond donors (Lipinski definition) is 0. The summed E-state index contributed by atoms with van der Waals surface area (Å²) in [5.41, 5.74) is 14.4. The van der Waals surface area contributed by atoms with Crippen molar-refractivity contribution in [2.45, 2.75) is 336 Å². The van der Waals surface area contributed by atoms with Gasteiger partial charge in [0, 0.05) is 68.7 Å². The summed E-state index contributed by atoms with van der Waals surface area (Å²) in [6.45, 7) is 59.9. The van der Waals surface area contributed by atoms with Crippen LogP contribution in [0.4, 0.5) is 8.78 Å². The first kappa shape index (κ1) is 73.2. The van der Waals surface area contributed by atoms with Crippen LogP contribution in [-0.4, -0.2) is 52.2 Å². The van der Waals surface area contributed by atoms with Gasteiger partial charge in [-0.3, -0.25) is 0 Å². The van der Waals surface area contributed by atoms with E-state index < -0.39 is 12.3 Å². The van der Waals surface area contributed by atoms with Crippen LogP contribution in [0.15, 0.2) is 0 Å². The van der Waals surface area contributed by atoms with Crippen LogP contribution in [0.5, 0.6) is 0 Å². The molecule has 6 atom stereocenters. The van der Waals surface area contributed by atoms with Crippen LogP contribution in [0, 0.1) is 41.5 Å². The van der Waals surface area contributed by atoms with Crippen molar-refractivity contribution in [2.24, 2.45) is 0 Å². The lowest BCUT2D eigenvalue weighted by Crippen LogP contribution is -2.21. The number of nitrogens with zero attached hydrogens (tertiary/aromatic N) is 8. The average molecular weight is 1070 g/mol. The summed E-state index contributed by atoms with van der Waals surface area (Å²) < 4.78 is 25.7. The van der Waals surface area contributed by atoms with Crippen molar-refractivity contribution in [1.82, 2.24) is 39.9 Å². The Hall–Kier alpha value is -3.82. The van der Waals surface area contributed by atoms with E-state index in [-0.39, 0.29) is 30.1 Å². The molecule has 4 rings (SSSR count). The third kappa shape index (κ3) is 23.8. The summed E-state index contributed by atoms with van der Waals surface area (Å²) in [5.74, 6) is 6.98. The van der Waals surface area contributed by atoms with Gasteiger partial charge in [0.2, 0.25) is 0 Å². The van der Waals surface area contributed by atoms with Crippen molar-refractivity contribution in [2.75, 3.05) is 0 Å². The second kappa shape index (κ2) is 33.7. The molecular formula is C67H118F2N8. The molecule has 8 nitrogen and oxygen atoms in total. The Bertz CT molecular complexity index is 2130. The topological polar surface area (TPSA) is 103 Å². The Labute approximate surface area is 473 Å². The van der Waals surface area contributed by atoms with Crippen molar-refractivity contribution in [1.29, 1.82) is 0 Å². The van der Waals surface area contributed by atoms with Gasteiger partial charge in [0.15, 0.2) is 0 Å².